The maximum Gasteiger partial charge on any atom is 0.255 e. The van der Waals surface area contributed by atoms with E-state index in [1.54, 1.807) is 24.3 Å². The van der Waals surface area contributed by atoms with E-state index in [4.69, 9.17) is 0 Å². The van der Waals surface area contributed by atoms with Gasteiger partial charge in [-0.1, -0.05) is 62.4 Å². The van der Waals surface area contributed by atoms with Crippen LogP contribution in [0.15, 0.2) is 60.7 Å². The summed E-state index contributed by atoms with van der Waals surface area (Å²) >= 11 is 0. The van der Waals surface area contributed by atoms with Gasteiger partial charge in [-0.05, 0) is 44.4 Å². The first-order chi connectivity index (χ1) is 13.7. The molecule has 2 N–H and O–H groups in total. The molecule has 0 unspecified atom stereocenters. The maximum atomic E-state index is 13.6. The van der Waals surface area contributed by atoms with Crippen molar-refractivity contribution >= 4 is 11.8 Å². The topological polar surface area (TPSA) is 69.6 Å². The van der Waals surface area contributed by atoms with Crippen molar-refractivity contribution in [3.63, 3.8) is 0 Å². The van der Waals surface area contributed by atoms with E-state index in [-0.39, 0.29) is 24.3 Å². The minimum atomic E-state index is -0.737. The largest absolute Gasteiger partial charge is 0.394 e. The van der Waals surface area contributed by atoms with Gasteiger partial charge in [-0.2, -0.15) is 0 Å². The van der Waals surface area contributed by atoms with Gasteiger partial charge in [0.15, 0.2) is 0 Å². The van der Waals surface area contributed by atoms with Crippen molar-refractivity contribution in [3.05, 3.63) is 71.8 Å². The highest BCUT2D eigenvalue weighted by atomic mass is 16.3. The molecule has 0 spiro atoms. The van der Waals surface area contributed by atoms with Gasteiger partial charge in [0.25, 0.3) is 5.91 Å². The van der Waals surface area contributed by atoms with Crippen molar-refractivity contribution < 1.29 is 14.7 Å². The number of benzene rings is 2. The zero-order chi connectivity index (χ0) is 21.6. The summed E-state index contributed by atoms with van der Waals surface area (Å²) in [7, 11) is 0. The van der Waals surface area contributed by atoms with Crippen LogP contribution in [0.25, 0.3) is 0 Å². The monoisotopic (exact) mass is 396 g/mol. The SMILES string of the molecule is CC(C)[C@@H](C(=O)NC(C)(C)C)N(C(=O)c1ccccc1)[C@@H](CO)c1ccccc1. The van der Waals surface area contributed by atoms with Crippen molar-refractivity contribution in [2.45, 2.75) is 52.2 Å². The number of amides is 2. The number of carbonyl (C=O) groups excluding carboxylic acids is 2. The predicted molar refractivity (Wildman–Crippen MR) is 115 cm³/mol. The number of aliphatic hydroxyl groups is 1. The van der Waals surface area contributed by atoms with Crippen molar-refractivity contribution in [2.24, 2.45) is 5.92 Å². The molecular formula is C24H32N2O3. The van der Waals surface area contributed by atoms with Crippen LogP contribution < -0.4 is 5.32 Å². The summed E-state index contributed by atoms with van der Waals surface area (Å²) < 4.78 is 0. The molecule has 5 nitrogen and oxygen atoms in total. The molecule has 0 bridgehead atoms. The first-order valence-electron chi connectivity index (χ1n) is 10.0. The van der Waals surface area contributed by atoms with E-state index in [2.05, 4.69) is 5.32 Å². The number of aliphatic hydroxyl groups excluding tert-OH is 1. The molecule has 0 aliphatic rings. The average Bonchev–Trinajstić information content (AvgIpc) is 2.67. The van der Waals surface area contributed by atoms with Crippen LogP contribution in [0.4, 0.5) is 0 Å². The Hall–Kier alpha value is -2.66. The molecule has 2 aromatic carbocycles. The highest BCUT2D eigenvalue weighted by Gasteiger charge is 2.39. The Morgan fingerprint density at radius 1 is 0.966 bits per heavy atom. The van der Waals surface area contributed by atoms with E-state index in [9.17, 15) is 14.7 Å². The number of hydrogen-bond acceptors (Lipinski definition) is 3. The molecule has 2 rings (SSSR count). The lowest BCUT2D eigenvalue weighted by atomic mass is 9.94. The third-order valence-corrected chi connectivity index (χ3v) is 4.65. The fraction of sp³-hybridized carbons (Fsp3) is 0.417. The number of nitrogens with zero attached hydrogens (tertiary/aromatic N) is 1. The van der Waals surface area contributed by atoms with Gasteiger partial charge in [-0.3, -0.25) is 9.59 Å². The molecule has 5 heteroatoms. The number of hydrogen-bond donors (Lipinski definition) is 2. The molecule has 0 fully saturated rings. The van der Waals surface area contributed by atoms with Gasteiger partial charge in [-0.25, -0.2) is 0 Å². The smallest absolute Gasteiger partial charge is 0.255 e. The minimum absolute atomic E-state index is 0.150. The molecule has 2 atom stereocenters. The number of carbonyl (C=O) groups is 2. The van der Waals surface area contributed by atoms with Gasteiger partial charge in [0.2, 0.25) is 5.91 Å². The molecule has 29 heavy (non-hydrogen) atoms. The Morgan fingerprint density at radius 2 is 1.48 bits per heavy atom. The Balaban J connectivity index is 2.57. The van der Waals surface area contributed by atoms with Crippen molar-refractivity contribution in [2.75, 3.05) is 6.61 Å². The zero-order valence-electron chi connectivity index (χ0n) is 17.9. The second kappa shape index (κ2) is 9.70. The lowest BCUT2D eigenvalue weighted by Gasteiger charge is -2.40. The number of nitrogens with one attached hydrogen (secondary N) is 1. The van der Waals surface area contributed by atoms with Crippen LogP contribution in [0.1, 0.15) is 56.6 Å². The van der Waals surface area contributed by atoms with Crippen molar-refractivity contribution in [1.29, 1.82) is 0 Å². The number of rotatable bonds is 7. The molecule has 0 radical (unpaired) electrons. The van der Waals surface area contributed by atoms with E-state index in [1.165, 1.54) is 4.90 Å². The lowest BCUT2D eigenvalue weighted by molar-refractivity contribution is -0.129. The van der Waals surface area contributed by atoms with Gasteiger partial charge >= 0.3 is 0 Å². The molecule has 0 saturated heterocycles. The summed E-state index contributed by atoms with van der Waals surface area (Å²) in [4.78, 5) is 28.4. The fourth-order valence-corrected chi connectivity index (χ4v) is 3.41. The molecule has 0 aromatic heterocycles. The molecular weight excluding hydrogens is 364 g/mol. The Kier molecular flexibility index (Phi) is 7.57. The minimum Gasteiger partial charge on any atom is -0.394 e. The third kappa shape index (κ3) is 5.91. The van der Waals surface area contributed by atoms with Gasteiger partial charge in [0.1, 0.15) is 6.04 Å². The Bertz CT molecular complexity index is 798. The first kappa shape index (κ1) is 22.6. The maximum absolute atomic E-state index is 13.6. The van der Waals surface area contributed by atoms with Crippen LogP contribution in [0.2, 0.25) is 0 Å². The fourth-order valence-electron chi connectivity index (χ4n) is 3.41. The molecule has 0 heterocycles. The van der Waals surface area contributed by atoms with E-state index in [0.717, 1.165) is 5.56 Å². The van der Waals surface area contributed by atoms with E-state index in [0.29, 0.717) is 5.56 Å². The Labute approximate surface area is 173 Å². The summed E-state index contributed by atoms with van der Waals surface area (Å²) in [6, 6.07) is 16.9. The van der Waals surface area contributed by atoms with Crippen LogP contribution in [0, 0.1) is 5.92 Å². The molecule has 0 saturated carbocycles. The normalized spacial score (nSPS) is 13.6. The Morgan fingerprint density at radius 3 is 1.93 bits per heavy atom. The van der Waals surface area contributed by atoms with E-state index in [1.807, 2.05) is 71.0 Å². The molecule has 0 aliphatic carbocycles. The van der Waals surface area contributed by atoms with Gasteiger partial charge in [0, 0.05) is 11.1 Å². The molecule has 0 aliphatic heterocycles. The van der Waals surface area contributed by atoms with Crippen LogP contribution in [0.5, 0.6) is 0 Å². The van der Waals surface area contributed by atoms with Crippen LogP contribution in [-0.4, -0.2) is 40.0 Å². The zero-order valence-corrected chi connectivity index (χ0v) is 17.9. The molecule has 2 amide bonds. The van der Waals surface area contributed by atoms with Crippen molar-refractivity contribution in [3.8, 4) is 0 Å². The summed E-state index contributed by atoms with van der Waals surface area (Å²) in [5.41, 5.74) is 0.831. The average molecular weight is 397 g/mol. The summed E-state index contributed by atoms with van der Waals surface area (Å²) in [5, 5.41) is 13.3. The molecule has 156 valence electrons. The van der Waals surface area contributed by atoms with Crippen LogP contribution in [-0.2, 0) is 4.79 Å². The second-order valence-corrected chi connectivity index (χ2v) is 8.62. The van der Waals surface area contributed by atoms with Crippen LogP contribution in [0.3, 0.4) is 0 Å². The standard InChI is InChI=1S/C24H32N2O3/c1-17(2)21(22(28)25-24(3,4)5)26(23(29)19-14-10-7-11-15-19)20(16-27)18-12-8-6-9-13-18/h6-15,17,20-21,27H,16H2,1-5H3,(H,25,28)/t20-,21-/m0/s1. The molecule has 2 aromatic rings. The summed E-state index contributed by atoms with van der Waals surface area (Å²) in [5.74, 6) is -0.662. The van der Waals surface area contributed by atoms with Gasteiger partial charge in [0.05, 0.1) is 12.6 Å². The van der Waals surface area contributed by atoms with Gasteiger partial charge in [-0.15, -0.1) is 0 Å². The lowest BCUT2D eigenvalue weighted by Crippen LogP contribution is -2.57. The summed E-state index contributed by atoms with van der Waals surface area (Å²) in [6.07, 6.45) is 0. The third-order valence-electron chi connectivity index (χ3n) is 4.65. The highest BCUT2D eigenvalue weighted by molar-refractivity contribution is 5.98. The quantitative estimate of drug-likeness (QED) is 0.748. The predicted octanol–water partition coefficient (Wildman–Crippen LogP) is 3.80. The highest BCUT2D eigenvalue weighted by Crippen LogP contribution is 2.28. The van der Waals surface area contributed by atoms with E-state index >= 15 is 0 Å². The summed E-state index contributed by atoms with van der Waals surface area (Å²) in [6.45, 7) is 9.27. The van der Waals surface area contributed by atoms with E-state index < -0.39 is 17.6 Å². The van der Waals surface area contributed by atoms with Crippen LogP contribution >= 0.6 is 0 Å². The van der Waals surface area contributed by atoms with Gasteiger partial charge < -0.3 is 15.3 Å². The van der Waals surface area contributed by atoms with Crippen molar-refractivity contribution in [1.82, 2.24) is 10.2 Å². The second-order valence-electron chi connectivity index (χ2n) is 8.62. The first-order valence-corrected chi connectivity index (χ1v) is 10.0.